The normalized spacial score (nSPS) is 9.53. The number of nitrogens with one attached hydrogen (secondary N) is 2. The van der Waals surface area contributed by atoms with Crippen LogP contribution in [0, 0.1) is 10.1 Å². The van der Waals surface area contributed by atoms with Crippen LogP contribution in [-0.4, -0.2) is 36.9 Å². The van der Waals surface area contributed by atoms with Crippen molar-refractivity contribution in [3.63, 3.8) is 0 Å². The first-order valence-corrected chi connectivity index (χ1v) is 5.37. The molecule has 0 aliphatic heterocycles. The summed E-state index contributed by atoms with van der Waals surface area (Å²) >= 11 is 0. The Kier molecular flexibility index (Phi) is 5.27. The molecule has 0 heterocycles. The van der Waals surface area contributed by atoms with Crippen LogP contribution in [0.2, 0.25) is 0 Å². The van der Waals surface area contributed by atoms with Gasteiger partial charge in [-0.2, -0.15) is 0 Å². The van der Waals surface area contributed by atoms with Crippen molar-refractivity contribution in [1.82, 2.24) is 10.6 Å². The van der Waals surface area contributed by atoms with E-state index < -0.39 is 10.8 Å². The molecule has 2 N–H and O–H groups in total. The number of amides is 2. The quantitative estimate of drug-likeness (QED) is 0.549. The third-order valence-corrected chi connectivity index (χ3v) is 2.12. The molecule has 0 saturated carbocycles. The van der Waals surface area contributed by atoms with Gasteiger partial charge in [0.1, 0.15) is 5.75 Å². The van der Waals surface area contributed by atoms with Gasteiger partial charge in [0.25, 0.3) is 11.6 Å². The van der Waals surface area contributed by atoms with Crippen molar-refractivity contribution in [3.8, 4) is 5.75 Å². The summed E-state index contributed by atoms with van der Waals surface area (Å²) < 4.78 is 5.08. The molecule has 1 rings (SSSR count). The predicted molar refractivity (Wildman–Crippen MR) is 65.7 cm³/mol. The highest BCUT2D eigenvalue weighted by molar-refractivity contribution is 5.85. The smallest absolute Gasteiger partial charge is 0.273 e. The Balaban J connectivity index is 2.44. The summed E-state index contributed by atoms with van der Waals surface area (Å²) in [7, 11) is 1.45. The number of ether oxygens (including phenoxy) is 1. The lowest BCUT2D eigenvalue weighted by atomic mass is 10.3. The molecule has 0 spiro atoms. The van der Waals surface area contributed by atoms with Gasteiger partial charge in [-0.3, -0.25) is 19.7 Å². The minimum absolute atomic E-state index is 0.122. The molecule has 0 saturated heterocycles. The number of carbonyl (C=O) groups excluding carboxylic acids is 2. The molecule has 0 fully saturated rings. The highest BCUT2D eigenvalue weighted by Gasteiger charge is 2.08. The third-order valence-electron chi connectivity index (χ3n) is 2.12. The predicted octanol–water partition coefficient (Wildman–Crippen LogP) is -0.164. The first-order valence-electron chi connectivity index (χ1n) is 5.37. The van der Waals surface area contributed by atoms with Gasteiger partial charge >= 0.3 is 0 Å². The molecule has 1 aromatic carbocycles. The SMILES string of the molecule is CNC(=O)CNC(=O)COc1cccc([N+](=O)[O-])c1. The average molecular weight is 267 g/mol. The van der Waals surface area contributed by atoms with Crippen LogP contribution in [0.5, 0.6) is 5.75 Å². The minimum Gasteiger partial charge on any atom is -0.484 e. The van der Waals surface area contributed by atoms with Crippen molar-refractivity contribution in [2.75, 3.05) is 20.2 Å². The molecule has 0 atom stereocenters. The molecule has 0 aliphatic rings. The Morgan fingerprint density at radius 3 is 2.74 bits per heavy atom. The Hall–Kier alpha value is -2.64. The van der Waals surface area contributed by atoms with Crippen LogP contribution < -0.4 is 15.4 Å². The Morgan fingerprint density at radius 1 is 1.37 bits per heavy atom. The molecule has 1 aromatic rings. The van der Waals surface area contributed by atoms with E-state index in [0.29, 0.717) is 0 Å². The minimum atomic E-state index is -0.557. The van der Waals surface area contributed by atoms with E-state index in [1.54, 1.807) is 0 Å². The van der Waals surface area contributed by atoms with Crippen LogP contribution >= 0.6 is 0 Å². The second kappa shape index (κ2) is 6.94. The summed E-state index contributed by atoms with van der Waals surface area (Å²) in [6.45, 7) is -0.466. The number of hydrogen-bond acceptors (Lipinski definition) is 5. The fourth-order valence-corrected chi connectivity index (χ4v) is 1.15. The number of non-ortho nitro benzene ring substituents is 1. The van der Waals surface area contributed by atoms with Gasteiger partial charge < -0.3 is 15.4 Å². The van der Waals surface area contributed by atoms with Crippen LogP contribution in [0.15, 0.2) is 24.3 Å². The number of nitro groups is 1. The number of carbonyl (C=O) groups is 2. The summed E-state index contributed by atoms with van der Waals surface area (Å²) in [5, 5.41) is 15.2. The third kappa shape index (κ3) is 5.02. The molecular weight excluding hydrogens is 254 g/mol. The summed E-state index contributed by atoms with van der Waals surface area (Å²) in [5.41, 5.74) is -0.122. The number of nitrogens with zero attached hydrogens (tertiary/aromatic N) is 1. The maximum absolute atomic E-state index is 11.3. The molecule has 8 heteroatoms. The van der Waals surface area contributed by atoms with Gasteiger partial charge in [-0.25, -0.2) is 0 Å². The zero-order chi connectivity index (χ0) is 14.3. The van der Waals surface area contributed by atoms with Gasteiger partial charge in [-0.05, 0) is 6.07 Å². The molecule has 0 radical (unpaired) electrons. The second-order valence-electron chi connectivity index (χ2n) is 3.49. The number of benzene rings is 1. The van der Waals surface area contributed by atoms with Gasteiger partial charge in [0, 0.05) is 13.1 Å². The standard InChI is InChI=1S/C11H13N3O5/c1-12-10(15)6-13-11(16)7-19-9-4-2-3-8(5-9)14(17)18/h2-5H,6-7H2,1H3,(H,12,15)(H,13,16). The molecule has 0 bridgehead atoms. The van der Waals surface area contributed by atoms with Crippen molar-refractivity contribution in [1.29, 1.82) is 0 Å². The Labute approximate surface area is 108 Å². The molecule has 0 aromatic heterocycles. The number of rotatable bonds is 6. The highest BCUT2D eigenvalue weighted by Crippen LogP contribution is 2.18. The Bertz CT molecular complexity index is 489. The topological polar surface area (TPSA) is 111 Å². The van der Waals surface area contributed by atoms with E-state index in [1.165, 1.54) is 31.3 Å². The fraction of sp³-hybridized carbons (Fsp3) is 0.273. The van der Waals surface area contributed by atoms with E-state index in [0.717, 1.165) is 0 Å². The van der Waals surface area contributed by atoms with Gasteiger partial charge in [-0.15, -0.1) is 0 Å². The number of hydrogen-bond donors (Lipinski definition) is 2. The van der Waals surface area contributed by atoms with Gasteiger partial charge in [0.15, 0.2) is 6.61 Å². The average Bonchev–Trinajstić information content (AvgIpc) is 2.42. The lowest BCUT2D eigenvalue weighted by Crippen LogP contribution is -2.37. The van der Waals surface area contributed by atoms with Crippen molar-refractivity contribution in [2.24, 2.45) is 0 Å². The van der Waals surface area contributed by atoms with Crippen LogP contribution in [-0.2, 0) is 9.59 Å². The van der Waals surface area contributed by atoms with Crippen molar-refractivity contribution in [3.05, 3.63) is 34.4 Å². The van der Waals surface area contributed by atoms with Gasteiger partial charge in [0.2, 0.25) is 5.91 Å². The molecule has 102 valence electrons. The number of nitro benzene ring substituents is 1. The van der Waals surface area contributed by atoms with Gasteiger partial charge in [-0.1, -0.05) is 6.07 Å². The van der Waals surface area contributed by atoms with E-state index in [-0.39, 0.29) is 30.5 Å². The van der Waals surface area contributed by atoms with Crippen molar-refractivity contribution in [2.45, 2.75) is 0 Å². The fourth-order valence-electron chi connectivity index (χ4n) is 1.15. The lowest BCUT2D eigenvalue weighted by Gasteiger charge is -2.06. The first-order chi connectivity index (χ1) is 9.02. The van der Waals surface area contributed by atoms with Crippen LogP contribution in [0.25, 0.3) is 0 Å². The van der Waals surface area contributed by atoms with Gasteiger partial charge in [0.05, 0.1) is 17.5 Å². The monoisotopic (exact) mass is 267 g/mol. The zero-order valence-corrected chi connectivity index (χ0v) is 10.2. The van der Waals surface area contributed by atoms with E-state index in [4.69, 9.17) is 4.74 Å². The van der Waals surface area contributed by atoms with Crippen LogP contribution in [0.3, 0.4) is 0 Å². The van der Waals surface area contributed by atoms with E-state index >= 15 is 0 Å². The molecule has 19 heavy (non-hydrogen) atoms. The Morgan fingerprint density at radius 2 is 2.11 bits per heavy atom. The van der Waals surface area contributed by atoms with Crippen LogP contribution in [0.4, 0.5) is 5.69 Å². The number of likely N-dealkylation sites (N-methyl/N-ethyl adjacent to an activating group) is 1. The second-order valence-corrected chi connectivity index (χ2v) is 3.49. The summed E-state index contributed by atoms with van der Waals surface area (Å²) in [6.07, 6.45) is 0. The zero-order valence-electron chi connectivity index (χ0n) is 10.2. The summed E-state index contributed by atoms with van der Waals surface area (Å²) in [5.74, 6) is -0.608. The summed E-state index contributed by atoms with van der Waals surface area (Å²) in [4.78, 5) is 32.1. The molecule has 0 aliphatic carbocycles. The molecule has 2 amide bonds. The molecular formula is C11H13N3O5. The summed E-state index contributed by atoms with van der Waals surface area (Å²) in [6, 6.07) is 5.49. The van der Waals surface area contributed by atoms with Crippen LogP contribution in [0.1, 0.15) is 0 Å². The maximum atomic E-state index is 11.3. The molecule has 0 unspecified atom stereocenters. The van der Waals surface area contributed by atoms with E-state index in [1.807, 2.05) is 0 Å². The van der Waals surface area contributed by atoms with E-state index in [2.05, 4.69) is 10.6 Å². The lowest BCUT2D eigenvalue weighted by molar-refractivity contribution is -0.384. The van der Waals surface area contributed by atoms with Crippen molar-refractivity contribution < 1.29 is 19.2 Å². The highest BCUT2D eigenvalue weighted by atomic mass is 16.6. The maximum Gasteiger partial charge on any atom is 0.273 e. The molecule has 8 nitrogen and oxygen atoms in total. The van der Waals surface area contributed by atoms with E-state index in [9.17, 15) is 19.7 Å². The largest absolute Gasteiger partial charge is 0.484 e. The van der Waals surface area contributed by atoms with Crippen molar-refractivity contribution >= 4 is 17.5 Å². The first kappa shape index (κ1) is 14.4.